The van der Waals surface area contributed by atoms with E-state index in [1.165, 1.54) is 11.0 Å². The minimum atomic E-state index is -2.60. The van der Waals surface area contributed by atoms with Crippen LogP contribution in [0.1, 0.15) is 24.3 Å². The number of carbonyl (C=O) groups excluding carboxylic acids is 1. The first-order valence-corrected chi connectivity index (χ1v) is 8.32. The molecule has 0 aliphatic carbocycles. The van der Waals surface area contributed by atoms with Gasteiger partial charge in [0.2, 0.25) is 11.0 Å². The van der Waals surface area contributed by atoms with Crippen LogP contribution in [-0.4, -0.2) is 66.4 Å². The van der Waals surface area contributed by atoms with Crippen LogP contribution in [0.3, 0.4) is 0 Å². The van der Waals surface area contributed by atoms with Gasteiger partial charge in [0.05, 0.1) is 0 Å². The number of piperidine rings is 2. The van der Waals surface area contributed by atoms with E-state index in [1.807, 2.05) is 9.80 Å². The first kappa shape index (κ1) is 15.3. The standard InChI is InChI=1S/C12H14F2N8OS/c13-10(14)11-16-17-12(24-11)22-4-7-1-2-8(22)3-21(7)9(23)5-20-6-15-18-19-20/h6-8,10H,1-5H2. The molecule has 3 aliphatic heterocycles. The molecule has 2 bridgehead atoms. The van der Waals surface area contributed by atoms with Crippen molar-refractivity contribution in [1.29, 1.82) is 0 Å². The minimum Gasteiger partial charge on any atom is -0.340 e. The van der Waals surface area contributed by atoms with E-state index in [0.717, 1.165) is 24.2 Å². The Morgan fingerprint density at radius 3 is 2.75 bits per heavy atom. The molecule has 0 radical (unpaired) electrons. The van der Waals surface area contributed by atoms with Crippen molar-refractivity contribution >= 4 is 22.4 Å². The van der Waals surface area contributed by atoms with E-state index in [1.54, 1.807) is 0 Å². The third kappa shape index (κ3) is 2.70. The van der Waals surface area contributed by atoms with Crippen LogP contribution >= 0.6 is 11.3 Å². The molecule has 3 aliphatic rings. The van der Waals surface area contributed by atoms with E-state index in [4.69, 9.17) is 0 Å². The van der Waals surface area contributed by atoms with Crippen LogP contribution in [0.25, 0.3) is 0 Å². The second kappa shape index (κ2) is 6.00. The summed E-state index contributed by atoms with van der Waals surface area (Å²) in [5.74, 6) is -0.0396. The van der Waals surface area contributed by atoms with E-state index in [2.05, 4.69) is 25.7 Å². The van der Waals surface area contributed by atoms with Gasteiger partial charge in [0.1, 0.15) is 12.9 Å². The molecule has 0 saturated carbocycles. The number of nitrogens with zero attached hydrogens (tertiary/aromatic N) is 8. The molecule has 2 unspecified atom stereocenters. The molecule has 0 N–H and O–H groups in total. The van der Waals surface area contributed by atoms with Crippen LogP contribution in [-0.2, 0) is 11.3 Å². The lowest BCUT2D eigenvalue weighted by atomic mass is 9.91. The first-order chi connectivity index (χ1) is 11.6. The number of anilines is 1. The molecule has 0 aromatic carbocycles. The molecular formula is C12H14F2N8OS. The molecule has 12 heteroatoms. The molecule has 3 fully saturated rings. The maximum absolute atomic E-state index is 12.7. The number of carbonyl (C=O) groups is 1. The van der Waals surface area contributed by atoms with E-state index in [-0.39, 0.29) is 29.5 Å². The van der Waals surface area contributed by atoms with Gasteiger partial charge < -0.3 is 9.80 Å². The number of halogens is 2. The lowest BCUT2D eigenvalue weighted by Crippen LogP contribution is -2.64. The normalized spacial score (nSPS) is 23.3. The third-order valence-corrected chi connectivity index (χ3v) is 5.37. The highest BCUT2D eigenvalue weighted by Gasteiger charge is 2.42. The summed E-state index contributed by atoms with van der Waals surface area (Å²) in [4.78, 5) is 16.3. The summed E-state index contributed by atoms with van der Waals surface area (Å²) in [6.45, 7) is 1.24. The molecule has 24 heavy (non-hydrogen) atoms. The minimum absolute atomic E-state index is 0.0396. The summed E-state index contributed by atoms with van der Waals surface area (Å²) in [7, 11) is 0. The van der Waals surface area contributed by atoms with Crippen molar-refractivity contribution in [2.45, 2.75) is 37.9 Å². The van der Waals surface area contributed by atoms with E-state index in [0.29, 0.717) is 18.2 Å². The van der Waals surface area contributed by atoms with Crippen molar-refractivity contribution in [3.8, 4) is 0 Å². The van der Waals surface area contributed by atoms with Crippen LogP contribution < -0.4 is 4.90 Å². The molecule has 0 spiro atoms. The van der Waals surface area contributed by atoms with Gasteiger partial charge in [-0.3, -0.25) is 4.79 Å². The Morgan fingerprint density at radius 2 is 2.12 bits per heavy atom. The predicted octanol–water partition coefficient (Wildman–Crippen LogP) is 0.342. The van der Waals surface area contributed by atoms with Crippen LogP contribution in [0.4, 0.5) is 13.9 Å². The number of amides is 1. The van der Waals surface area contributed by atoms with Crippen LogP contribution in [0, 0.1) is 0 Å². The SMILES string of the molecule is O=C(Cn1cnnn1)N1CC2CCC1CN2c1nnc(C(F)F)s1. The molecule has 5 heterocycles. The van der Waals surface area contributed by atoms with Gasteiger partial charge in [-0.15, -0.1) is 15.3 Å². The highest BCUT2D eigenvalue weighted by Crippen LogP contribution is 2.36. The Balaban J connectivity index is 1.46. The van der Waals surface area contributed by atoms with Crippen molar-refractivity contribution in [1.82, 2.24) is 35.3 Å². The molecule has 9 nitrogen and oxygen atoms in total. The summed E-state index contributed by atoms with van der Waals surface area (Å²) in [5.41, 5.74) is 0. The van der Waals surface area contributed by atoms with E-state index < -0.39 is 6.43 Å². The summed E-state index contributed by atoms with van der Waals surface area (Å²) >= 11 is 0.920. The smallest absolute Gasteiger partial charge is 0.291 e. The summed E-state index contributed by atoms with van der Waals surface area (Å²) < 4.78 is 26.8. The van der Waals surface area contributed by atoms with Crippen LogP contribution in [0.15, 0.2) is 6.33 Å². The number of aromatic nitrogens is 6. The summed E-state index contributed by atoms with van der Waals surface area (Å²) in [5, 5.41) is 18.4. The van der Waals surface area contributed by atoms with Gasteiger partial charge in [-0.05, 0) is 23.3 Å². The van der Waals surface area contributed by atoms with Crippen molar-refractivity contribution in [3.63, 3.8) is 0 Å². The van der Waals surface area contributed by atoms with Crippen molar-refractivity contribution in [2.75, 3.05) is 18.0 Å². The Kier molecular flexibility index (Phi) is 3.82. The molecule has 2 aromatic heterocycles. The van der Waals surface area contributed by atoms with E-state index >= 15 is 0 Å². The highest BCUT2D eigenvalue weighted by atomic mass is 32.1. The second-order valence-corrected chi connectivity index (χ2v) is 6.80. The molecule has 5 rings (SSSR count). The molecule has 1 amide bonds. The Bertz CT molecular complexity index is 722. The van der Waals surface area contributed by atoms with Gasteiger partial charge in [0.15, 0.2) is 5.01 Å². The fraction of sp³-hybridized carbons (Fsp3) is 0.667. The van der Waals surface area contributed by atoms with Gasteiger partial charge in [0.25, 0.3) is 6.43 Å². The maximum atomic E-state index is 12.7. The van der Waals surface area contributed by atoms with Gasteiger partial charge >= 0.3 is 0 Å². The average Bonchev–Trinajstić information content (AvgIpc) is 3.26. The Morgan fingerprint density at radius 1 is 1.29 bits per heavy atom. The Labute approximate surface area is 139 Å². The predicted molar refractivity (Wildman–Crippen MR) is 78.6 cm³/mol. The van der Waals surface area contributed by atoms with E-state index in [9.17, 15) is 13.6 Å². The van der Waals surface area contributed by atoms with Crippen LogP contribution in [0.5, 0.6) is 0 Å². The van der Waals surface area contributed by atoms with Crippen molar-refractivity contribution in [2.24, 2.45) is 0 Å². The van der Waals surface area contributed by atoms with Gasteiger partial charge in [-0.2, -0.15) is 0 Å². The quantitative estimate of drug-likeness (QED) is 0.780. The van der Waals surface area contributed by atoms with Gasteiger partial charge in [0, 0.05) is 25.2 Å². The number of tetrazole rings is 1. The molecule has 3 saturated heterocycles. The second-order valence-electron chi connectivity index (χ2n) is 5.81. The van der Waals surface area contributed by atoms with Gasteiger partial charge in [-0.1, -0.05) is 11.3 Å². The van der Waals surface area contributed by atoms with Crippen molar-refractivity contribution in [3.05, 3.63) is 11.3 Å². The molecular weight excluding hydrogens is 342 g/mol. The largest absolute Gasteiger partial charge is 0.340 e. The number of hydrogen-bond acceptors (Lipinski definition) is 8. The fourth-order valence-corrected chi connectivity index (χ4v) is 4.06. The van der Waals surface area contributed by atoms with Crippen LogP contribution in [0.2, 0.25) is 0 Å². The zero-order chi connectivity index (χ0) is 16.7. The highest BCUT2D eigenvalue weighted by molar-refractivity contribution is 7.15. The number of alkyl halides is 2. The number of rotatable bonds is 4. The monoisotopic (exact) mass is 356 g/mol. The first-order valence-electron chi connectivity index (χ1n) is 7.50. The molecule has 2 atom stereocenters. The zero-order valence-electron chi connectivity index (χ0n) is 12.5. The average molecular weight is 356 g/mol. The molecule has 128 valence electrons. The summed E-state index contributed by atoms with van der Waals surface area (Å²) in [6.07, 6.45) is 0.596. The topological polar surface area (TPSA) is 92.9 Å². The zero-order valence-corrected chi connectivity index (χ0v) is 13.3. The fourth-order valence-electron chi connectivity index (χ4n) is 3.28. The third-order valence-electron chi connectivity index (χ3n) is 4.40. The number of piperazine rings is 1. The number of hydrogen-bond donors (Lipinski definition) is 0. The van der Waals surface area contributed by atoms with Gasteiger partial charge in [-0.25, -0.2) is 13.5 Å². The lowest BCUT2D eigenvalue weighted by molar-refractivity contribution is -0.137. The van der Waals surface area contributed by atoms with Crippen molar-refractivity contribution < 1.29 is 13.6 Å². The maximum Gasteiger partial charge on any atom is 0.291 e. The lowest BCUT2D eigenvalue weighted by Gasteiger charge is -2.51. The number of fused-ring (bicyclic) bond motifs is 3. The molecule has 2 aromatic rings. The summed E-state index contributed by atoms with van der Waals surface area (Å²) in [6, 6.07) is 0.115. The Hall–Kier alpha value is -2.24.